The molecule has 2 fully saturated rings. The molecule has 1 aromatic rings. The Balaban J connectivity index is 1.51. The van der Waals surface area contributed by atoms with Gasteiger partial charge in [0.2, 0.25) is 5.91 Å². The van der Waals surface area contributed by atoms with Crippen molar-refractivity contribution in [2.45, 2.75) is 50.7 Å². The summed E-state index contributed by atoms with van der Waals surface area (Å²) in [5, 5.41) is 21.8. The van der Waals surface area contributed by atoms with E-state index in [1.165, 1.54) is 0 Å². The number of β-amino-alcohol motifs (C(OH)–C–C–N with tert-alkyl or cyclic N) is 1. The van der Waals surface area contributed by atoms with Gasteiger partial charge >= 0.3 is 0 Å². The smallest absolute Gasteiger partial charge is 0.274 e. The Labute approximate surface area is 159 Å². The summed E-state index contributed by atoms with van der Waals surface area (Å²) in [5.74, 6) is -0.104. The molecule has 1 aromatic heterocycles. The van der Waals surface area contributed by atoms with Gasteiger partial charge in [-0.1, -0.05) is 0 Å². The molecule has 2 aliphatic rings. The third-order valence-electron chi connectivity index (χ3n) is 5.51. The number of carbonyl (C=O) groups is 2. The number of aromatic nitrogens is 2. The largest absolute Gasteiger partial charge is 0.388 e. The predicted molar refractivity (Wildman–Crippen MR) is 100 cm³/mol. The van der Waals surface area contributed by atoms with Gasteiger partial charge in [0.1, 0.15) is 0 Å². The summed E-state index contributed by atoms with van der Waals surface area (Å²) >= 11 is 0. The van der Waals surface area contributed by atoms with E-state index in [4.69, 9.17) is 0 Å². The van der Waals surface area contributed by atoms with E-state index in [1.54, 1.807) is 30.2 Å². The molecule has 3 heterocycles. The van der Waals surface area contributed by atoms with Crippen LogP contribution in [-0.2, 0) is 4.79 Å². The molecule has 0 spiro atoms. The van der Waals surface area contributed by atoms with Crippen LogP contribution in [0.25, 0.3) is 0 Å². The van der Waals surface area contributed by atoms with Crippen molar-refractivity contribution in [3.05, 3.63) is 24.0 Å². The molecule has 1 atom stereocenters. The van der Waals surface area contributed by atoms with Gasteiger partial charge in [-0.3, -0.25) is 9.59 Å². The molecule has 27 heavy (non-hydrogen) atoms. The summed E-state index contributed by atoms with van der Waals surface area (Å²) in [6, 6.07) is 3.62. The highest BCUT2D eigenvalue weighted by Gasteiger charge is 2.34. The Kier molecular flexibility index (Phi) is 6.38. The van der Waals surface area contributed by atoms with Crippen LogP contribution in [0.3, 0.4) is 0 Å². The number of hydrogen-bond acceptors (Lipinski definition) is 6. The SMILES string of the molecule is CC(=O)NC1CCN(CC2(O)CCCN(C(=O)c3cccnn3)CC2)CC1. The molecule has 2 N–H and O–H groups in total. The van der Waals surface area contributed by atoms with Gasteiger partial charge in [0.15, 0.2) is 5.69 Å². The Morgan fingerprint density at radius 3 is 2.70 bits per heavy atom. The maximum absolute atomic E-state index is 12.6. The van der Waals surface area contributed by atoms with E-state index < -0.39 is 5.60 Å². The summed E-state index contributed by atoms with van der Waals surface area (Å²) in [4.78, 5) is 27.8. The first-order valence-electron chi connectivity index (χ1n) is 9.74. The minimum absolute atomic E-state index is 0.0173. The van der Waals surface area contributed by atoms with Gasteiger partial charge in [-0.05, 0) is 44.2 Å². The summed E-state index contributed by atoms with van der Waals surface area (Å²) in [5.41, 5.74) is -0.430. The number of nitrogens with one attached hydrogen (secondary N) is 1. The van der Waals surface area contributed by atoms with Crippen LogP contribution in [0.5, 0.6) is 0 Å². The second-order valence-electron chi connectivity index (χ2n) is 7.73. The topological polar surface area (TPSA) is 98.7 Å². The van der Waals surface area contributed by atoms with Gasteiger partial charge in [0.25, 0.3) is 5.91 Å². The zero-order valence-electron chi connectivity index (χ0n) is 15.9. The van der Waals surface area contributed by atoms with Crippen LogP contribution in [0.1, 0.15) is 49.5 Å². The van der Waals surface area contributed by atoms with Gasteiger partial charge in [-0.15, -0.1) is 5.10 Å². The summed E-state index contributed by atoms with van der Waals surface area (Å²) < 4.78 is 0. The molecular formula is C19H29N5O3. The average Bonchev–Trinajstić information content (AvgIpc) is 2.85. The van der Waals surface area contributed by atoms with E-state index in [2.05, 4.69) is 20.4 Å². The van der Waals surface area contributed by atoms with E-state index in [0.717, 1.165) is 32.4 Å². The van der Waals surface area contributed by atoms with Crippen LogP contribution >= 0.6 is 0 Å². The monoisotopic (exact) mass is 375 g/mol. The van der Waals surface area contributed by atoms with Crippen LogP contribution in [-0.4, -0.2) is 81.3 Å². The van der Waals surface area contributed by atoms with Crippen molar-refractivity contribution in [1.29, 1.82) is 0 Å². The molecule has 2 saturated heterocycles. The molecule has 1 unspecified atom stereocenters. The molecule has 8 heteroatoms. The van der Waals surface area contributed by atoms with E-state index in [-0.39, 0.29) is 17.9 Å². The van der Waals surface area contributed by atoms with E-state index >= 15 is 0 Å². The highest BCUT2D eigenvalue weighted by Crippen LogP contribution is 2.25. The normalized spacial score (nSPS) is 25.0. The van der Waals surface area contributed by atoms with Crippen molar-refractivity contribution >= 4 is 11.8 Å². The van der Waals surface area contributed by atoms with Crippen molar-refractivity contribution < 1.29 is 14.7 Å². The van der Waals surface area contributed by atoms with Crippen LogP contribution in [0, 0.1) is 0 Å². The standard InChI is InChI=1S/C19H29N5O3/c1-15(25)21-16-5-11-23(12-6-16)14-19(27)7-3-10-24(13-8-19)18(26)17-4-2-9-20-22-17/h2,4,9,16,27H,3,5-8,10-14H2,1H3,(H,21,25). The lowest BCUT2D eigenvalue weighted by molar-refractivity contribution is -0.120. The molecular weight excluding hydrogens is 346 g/mol. The van der Waals surface area contributed by atoms with Crippen molar-refractivity contribution in [1.82, 2.24) is 25.3 Å². The van der Waals surface area contributed by atoms with E-state index in [1.807, 2.05) is 0 Å². The number of carbonyl (C=O) groups excluding carboxylic acids is 2. The van der Waals surface area contributed by atoms with Crippen molar-refractivity contribution in [2.75, 3.05) is 32.7 Å². The molecule has 148 valence electrons. The number of rotatable bonds is 4. The lowest BCUT2D eigenvalue weighted by Crippen LogP contribution is -2.50. The first kappa shape index (κ1) is 19.7. The highest BCUT2D eigenvalue weighted by molar-refractivity contribution is 5.92. The molecule has 0 aliphatic carbocycles. The zero-order valence-corrected chi connectivity index (χ0v) is 15.9. The molecule has 3 rings (SSSR count). The number of aliphatic hydroxyl groups is 1. The van der Waals surface area contributed by atoms with Gasteiger partial charge in [-0.2, -0.15) is 5.10 Å². The molecule has 0 bridgehead atoms. The van der Waals surface area contributed by atoms with Gasteiger partial charge in [0, 0.05) is 51.9 Å². The average molecular weight is 375 g/mol. The fraction of sp³-hybridized carbons (Fsp3) is 0.684. The summed E-state index contributed by atoms with van der Waals surface area (Å²) in [6.07, 6.45) is 5.38. The number of nitrogens with zero attached hydrogens (tertiary/aromatic N) is 4. The van der Waals surface area contributed by atoms with Crippen LogP contribution in [0.2, 0.25) is 0 Å². The molecule has 2 aliphatic heterocycles. The quantitative estimate of drug-likeness (QED) is 0.792. The predicted octanol–water partition coefficient (Wildman–Crippen LogP) is 0.434. The minimum Gasteiger partial charge on any atom is -0.388 e. The first-order chi connectivity index (χ1) is 13.0. The Morgan fingerprint density at radius 2 is 2.04 bits per heavy atom. The second kappa shape index (κ2) is 8.75. The summed E-state index contributed by atoms with van der Waals surface area (Å²) in [7, 11) is 0. The van der Waals surface area contributed by atoms with Crippen LogP contribution < -0.4 is 5.32 Å². The lowest BCUT2D eigenvalue weighted by Gasteiger charge is -2.38. The maximum Gasteiger partial charge on any atom is 0.274 e. The van der Waals surface area contributed by atoms with E-state index in [0.29, 0.717) is 38.2 Å². The highest BCUT2D eigenvalue weighted by atomic mass is 16.3. The molecule has 0 aromatic carbocycles. The molecule has 0 saturated carbocycles. The van der Waals surface area contributed by atoms with E-state index in [9.17, 15) is 14.7 Å². The van der Waals surface area contributed by atoms with Crippen molar-refractivity contribution in [3.8, 4) is 0 Å². The summed E-state index contributed by atoms with van der Waals surface area (Å²) in [6.45, 7) is 5.06. The Bertz CT molecular complexity index is 648. The van der Waals surface area contributed by atoms with Gasteiger partial charge < -0.3 is 20.2 Å². The molecule has 2 amide bonds. The van der Waals surface area contributed by atoms with Crippen LogP contribution in [0.4, 0.5) is 0 Å². The van der Waals surface area contributed by atoms with Crippen molar-refractivity contribution in [2.24, 2.45) is 0 Å². The molecule has 0 radical (unpaired) electrons. The van der Waals surface area contributed by atoms with Gasteiger partial charge in [0.05, 0.1) is 5.60 Å². The first-order valence-corrected chi connectivity index (χ1v) is 9.74. The third kappa shape index (κ3) is 5.46. The maximum atomic E-state index is 12.6. The van der Waals surface area contributed by atoms with Crippen molar-refractivity contribution in [3.63, 3.8) is 0 Å². The number of amides is 2. The number of likely N-dealkylation sites (tertiary alicyclic amines) is 2. The minimum atomic E-state index is -0.780. The zero-order chi connectivity index (χ0) is 19.3. The fourth-order valence-electron chi connectivity index (χ4n) is 4.06. The van der Waals surface area contributed by atoms with Gasteiger partial charge in [-0.25, -0.2) is 0 Å². The Morgan fingerprint density at radius 1 is 1.26 bits per heavy atom. The lowest BCUT2D eigenvalue weighted by atomic mass is 9.93. The third-order valence-corrected chi connectivity index (χ3v) is 5.51. The number of piperidine rings is 1. The fourth-order valence-corrected chi connectivity index (χ4v) is 4.06. The Hall–Kier alpha value is -2.06. The second-order valence-corrected chi connectivity index (χ2v) is 7.73. The number of hydrogen-bond donors (Lipinski definition) is 2. The molecule has 8 nitrogen and oxygen atoms in total. The van der Waals surface area contributed by atoms with Crippen LogP contribution in [0.15, 0.2) is 18.3 Å².